The molecule has 5 N–H and O–H groups in total. The van der Waals surface area contributed by atoms with Crippen LogP contribution in [0.5, 0.6) is 5.75 Å². The molecule has 11 nitrogen and oxygen atoms in total. The van der Waals surface area contributed by atoms with Gasteiger partial charge < -0.3 is 31.1 Å². The minimum absolute atomic E-state index is 0.0166. The third-order valence-electron chi connectivity index (χ3n) is 5.26. The number of carbonyl (C=O) groups is 5. The van der Waals surface area contributed by atoms with Crippen LogP contribution in [0.2, 0.25) is 0 Å². The molecule has 0 spiro atoms. The van der Waals surface area contributed by atoms with Gasteiger partial charge in [-0.2, -0.15) is 0 Å². The van der Waals surface area contributed by atoms with Crippen molar-refractivity contribution >= 4 is 29.6 Å². The van der Waals surface area contributed by atoms with Crippen LogP contribution in [0.4, 0.5) is 0 Å². The number of fused-ring (bicyclic) bond motifs is 1. The Balaban J connectivity index is 2.42. The van der Waals surface area contributed by atoms with E-state index in [1.54, 1.807) is 39.0 Å². The molecule has 4 amide bonds. The van der Waals surface area contributed by atoms with E-state index in [1.807, 2.05) is 0 Å². The lowest BCUT2D eigenvalue weighted by Gasteiger charge is -2.30. The summed E-state index contributed by atoms with van der Waals surface area (Å²) in [4.78, 5) is 62.8. The molecule has 0 aliphatic carbocycles. The van der Waals surface area contributed by atoms with Crippen molar-refractivity contribution in [2.45, 2.75) is 64.7 Å². The molecule has 186 valence electrons. The van der Waals surface area contributed by atoms with E-state index in [2.05, 4.69) is 21.3 Å². The van der Waals surface area contributed by atoms with Gasteiger partial charge in [-0.3, -0.25) is 19.2 Å². The Morgan fingerprint density at radius 2 is 1.74 bits per heavy atom. The highest BCUT2D eigenvalue weighted by atomic mass is 16.5. The van der Waals surface area contributed by atoms with Crippen molar-refractivity contribution in [2.75, 3.05) is 6.61 Å². The molecule has 2 rings (SSSR count). The highest BCUT2D eigenvalue weighted by Crippen LogP contribution is 2.19. The predicted molar refractivity (Wildman–Crippen MR) is 122 cm³/mol. The lowest BCUT2D eigenvalue weighted by atomic mass is 9.98. The molecule has 0 bridgehead atoms. The molecule has 1 aromatic rings. The molecular formula is C23H32N4O7. The van der Waals surface area contributed by atoms with Crippen LogP contribution in [0.25, 0.3) is 0 Å². The Bertz CT molecular complexity index is 960. The molecule has 1 aliphatic heterocycles. The second kappa shape index (κ2) is 11.0. The summed E-state index contributed by atoms with van der Waals surface area (Å²) in [6.45, 7) is 8.13. The summed E-state index contributed by atoms with van der Waals surface area (Å²) in [5.74, 6) is -4.03. The second-order valence-electron chi connectivity index (χ2n) is 9.15. The zero-order chi connectivity index (χ0) is 25.6. The number of nitrogens with one attached hydrogen (secondary N) is 4. The standard InChI is InChI=1S/C23H32N4O7/c1-12(2)18-20(30)24-13(3)11-34-16-9-7-6-8-14(16)19(29)25-15(21(31)32)10-17(28)27-23(4,5)22(33)26-18/h6-9,12-13,15,18H,10-11H2,1-5H3,(H,24,30)(H,25,29)(H,26,33)(H,27,28)(H,31,32)/t13-,15-,18+/m0/s1. The van der Waals surface area contributed by atoms with Crippen molar-refractivity contribution in [3.05, 3.63) is 29.8 Å². The SMILES string of the molecule is CC(C)[C@H]1NC(=O)C(C)(C)NC(=O)C[C@@H](C(=O)O)NC(=O)c2ccccc2OC[C@H](C)NC1=O. The number of benzene rings is 1. The van der Waals surface area contributed by atoms with Gasteiger partial charge >= 0.3 is 5.97 Å². The maximum atomic E-state index is 12.9. The van der Waals surface area contributed by atoms with Crippen molar-refractivity contribution in [1.82, 2.24) is 21.3 Å². The van der Waals surface area contributed by atoms with Gasteiger partial charge in [0.1, 0.15) is 30.0 Å². The molecule has 0 aromatic heterocycles. The number of carbonyl (C=O) groups excluding carboxylic acids is 4. The molecule has 1 aromatic carbocycles. The van der Waals surface area contributed by atoms with Gasteiger partial charge in [-0.1, -0.05) is 26.0 Å². The monoisotopic (exact) mass is 476 g/mol. The number of rotatable bonds is 2. The molecule has 0 saturated heterocycles. The first-order valence-corrected chi connectivity index (χ1v) is 11.0. The molecule has 3 atom stereocenters. The van der Waals surface area contributed by atoms with Crippen molar-refractivity contribution in [1.29, 1.82) is 0 Å². The normalized spacial score (nSPS) is 24.5. The van der Waals surface area contributed by atoms with E-state index in [4.69, 9.17) is 4.74 Å². The average Bonchev–Trinajstić information content (AvgIpc) is 2.74. The average molecular weight is 477 g/mol. The Labute approximate surface area is 198 Å². The van der Waals surface area contributed by atoms with Gasteiger partial charge in [-0.15, -0.1) is 0 Å². The van der Waals surface area contributed by atoms with Crippen molar-refractivity contribution in [3.8, 4) is 5.75 Å². The quantitative estimate of drug-likeness (QED) is 0.407. The van der Waals surface area contributed by atoms with Crippen LogP contribution < -0.4 is 26.0 Å². The zero-order valence-corrected chi connectivity index (χ0v) is 19.9. The fraction of sp³-hybridized carbons (Fsp3) is 0.522. The summed E-state index contributed by atoms with van der Waals surface area (Å²) in [6, 6.07) is 3.33. The Morgan fingerprint density at radius 3 is 2.35 bits per heavy atom. The lowest BCUT2D eigenvalue weighted by Crippen LogP contribution is -2.61. The number of carboxylic acid groups (broad SMARTS) is 1. The van der Waals surface area contributed by atoms with Crippen LogP contribution >= 0.6 is 0 Å². The van der Waals surface area contributed by atoms with Crippen LogP contribution in [0.1, 0.15) is 51.4 Å². The van der Waals surface area contributed by atoms with E-state index in [-0.39, 0.29) is 23.8 Å². The summed E-state index contributed by atoms with van der Waals surface area (Å²) in [5, 5.41) is 19.8. The number of ether oxygens (including phenoxy) is 1. The van der Waals surface area contributed by atoms with Crippen LogP contribution in [0.3, 0.4) is 0 Å². The van der Waals surface area contributed by atoms with Crippen LogP contribution in [0.15, 0.2) is 24.3 Å². The van der Waals surface area contributed by atoms with Crippen molar-refractivity contribution in [2.24, 2.45) is 5.92 Å². The summed E-state index contributed by atoms with van der Waals surface area (Å²) < 4.78 is 5.72. The van der Waals surface area contributed by atoms with Crippen LogP contribution in [-0.2, 0) is 19.2 Å². The van der Waals surface area contributed by atoms with Gasteiger partial charge in [-0.25, -0.2) is 4.79 Å². The van der Waals surface area contributed by atoms with Gasteiger partial charge in [0.15, 0.2) is 0 Å². The highest BCUT2D eigenvalue weighted by Gasteiger charge is 2.35. The summed E-state index contributed by atoms with van der Waals surface area (Å²) in [7, 11) is 0. The zero-order valence-electron chi connectivity index (χ0n) is 19.9. The maximum Gasteiger partial charge on any atom is 0.326 e. The summed E-state index contributed by atoms with van der Waals surface area (Å²) in [5.41, 5.74) is -1.37. The molecular weight excluding hydrogens is 444 g/mol. The number of aliphatic carboxylic acids is 1. The van der Waals surface area contributed by atoms with E-state index in [9.17, 15) is 29.1 Å². The summed E-state index contributed by atoms with van der Waals surface area (Å²) in [6.07, 6.45) is -0.605. The van der Waals surface area contributed by atoms with Gasteiger partial charge in [0.05, 0.1) is 18.0 Å². The molecule has 34 heavy (non-hydrogen) atoms. The number of hydrogen-bond acceptors (Lipinski definition) is 6. The Hall–Kier alpha value is -3.63. The molecule has 0 saturated carbocycles. The van der Waals surface area contributed by atoms with E-state index < -0.39 is 59.7 Å². The maximum absolute atomic E-state index is 12.9. The van der Waals surface area contributed by atoms with Gasteiger partial charge in [0, 0.05) is 0 Å². The van der Waals surface area contributed by atoms with Crippen molar-refractivity contribution in [3.63, 3.8) is 0 Å². The smallest absolute Gasteiger partial charge is 0.326 e. The van der Waals surface area contributed by atoms with E-state index in [0.717, 1.165) is 0 Å². The topological polar surface area (TPSA) is 163 Å². The van der Waals surface area contributed by atoms with Gasteiger partial charge in [0.25, 0.3) is 5.91 Å². The fourth-order valence-electron chi connectivity index (χ4n) is 3.30. The predicted octanol–water partition coefficient (Wildman–Crippen LogP) is 0.192. The van der Waals surface area contributed by atoms with Crippen molar-refractivity contribution < 1.29 is 33.8 Å². The third-order valence-corrected chi connectivity index (χ3v) is 5.26. The van der Waals surface area contributed by atoms with E-state index in [0.29, 0.717) is 0 Å². The minimum atomic E-state index is -1.54. The van der Waals surface area contributed by atoms with Gasteiger partial charge in [0.2, 0.25) is 17.7 Å². The lowest BCUT2D eigenvalue weighted by molar-refractivity contribution is -0.142. The molecule has 0 radical (unpaired) electrons. The number of para-hydroxylation sites is 1. The highest BCUT2D eigenvalue weighted by molar-refractivity contribution is 6.00. The number of amides is 4. The molecule has 0 fully saturated rings. The first-order chi connectivity index (χ1) is 15.8. The molecule has 1 heterocycles. The van der Waals surface area contributed by atoms with E-state index >= 15 is 0 Å². The van der Waals surface area contributed by atoms with Crippen LogP contribution in [0, 0.1) is 5.92 Å². The fourth-order valence-corrected chi connectivity index (χ4v) is 3.30. The molecule has 11 heteroatoms. The van der Waals surface area contributed by atoms with Crippen LogP contribution in [-0.4, -0.2) is 65.0 Å². The number of hydrogen-bond donors (Lipinski definition) is 5. The first-order valence-electron chi connectivity index (χ1n) is 11.0. The van der Waals surface area contributed by atoms with E-state index in [1.165, 1.54) is 19.9 Å². The minimum Gasteiger partial charge on any atom is -0.491 e. The molecule has 0 unspecified atom stereocenters. The Kier molecular flexibility index (Phi) is 8.61. The molecule has 1 aliphatic rings. The van der Waals surface area contributed by atoms with Gasteiger partial charge in [-0.05, 0) is 38.8 Å². The Morgan fingerprint density at radius 1 is 1.09 bits per heavy atom. The largest absolute Gasteiger partial charge is 0.491 e. The summed E-state index contributed by atoms with van der Waals surface area (Å²) >= 11 is 0. The third kappa shape index (κ3) is 6.93. The first kappa shape index (κ1) is 26.6. The number of carboxylic acids is 1. The second-order valence-corrected chi connectivity index (χ2v) is 9.15.